The summed E-state index contributed by atoms with van der Waals surface area (Å²) in [7, 11) is 0. The molecule has 0 aliphatic carbocycles. The highest BCUT2D eigenvalue weighted by Gasteiger charge is 2.51. The molecule has 2 amide bonds. The van der Waals surface area contributed by atoms with Crippen LogP contribution in [-0.2, 0) is 11.0 Å². The maximum Gasteiger partial charge on any atom is 0.416 e. The second kappa shape index (κ2) is 10.1. The number of likely N-dealkylation sites (tertiary alicyclic amines) is 1. The fourth-order valence-electron chi connectivity index (χ4n) is 5.59. The van der Waals surface area contributed by atoms with E-state index < -0.39 is 17.3 Å². The van der Waals surface area contributed by atoms with Gasteiger partial charge >= 0.3 is 6.18 Å². The number of nitrogens with zero attached hydrogens (tertiary/aromatic N) is 5. The van der Waals surface area contributed by atoms with Crippen molar-refractivity contribution in [1.82, 2.24) is 25.0 Å². The van der Waals surface area contributed by atoms with E-state index in [2.05, 4.69) is 20.3 Å². The van der Waals surface area contributed by atoms with E-state index in [1.807, 2.05) is 31.2 Å². The molecule has 2 aromatic heterocycles. The summed E-state index contributed by atoms with van der Waals surface area (Å²) in [5.74, 6) is -0.349. The van der Waals surface area contributed by atoms with Crippen LogP contribution in [0.2, 0.25) is 0 Å². The van der Waals surface area contributed by atoms with Gasteiger partial charge in [-0.2, -0.15) is 18.3 Å². The van der Waals surface area contributed by atoms with E-state index in [9.17, 15) is 22.8 Å². The average Bonchev–Trinajstić information content (AvgIpc) is 3.56. The lowest BCUT2D eigenvalue weighted by Gasteiger charge is -2.43. The maximum atomic E-state index is 13.7. The second-order valence-corrected chi connectivity index (χ2v) is 10.4. The maximum absolute atomic E-state index is 13.7. The van der Waals surface area contributed by atoms with E-state index >= 15 is 0 Å². The van der Waals surface area contributed by atoms with Gasteiger partial charge in [0.2, 0.25) is 5.91 Å². The summed E-state index contributed by atoms with van der Waals surface area (Å²) in [4.78, 5) is 34.5. The molecule has 2 aromatic carbocycles. The fourth-order valence-corrected chi connectivity index (χ4v) is 5.59. The molecule has 6 rings (SSSR count). The van der Waals surface area contributed by atoms with Crippen LogP contribution < -0.4 is 10.2 Å². The van der Waals surface area contributed by atoms with Crippen molar-refractivity contribution in [3.05, 3.63) is 95.9 Å². The summed E-state index contributed by atoms with van der Waals surface area (Å²) in [5.41, 5.74) is 2.37. The van der Waals surface area contributed by atoms with E-state index in [4.69, 9.17) is 0 Å². The molecule has 4 heterocycles. The summed E-state index contributed by atoms with van der Waals surface area (Å²) >= 11 is 0. The average molecular weight is 561 g/mol. The second-order valence-electron chi connectivity index (χ2n) is 10.4. The van der Waals surface area contributed by atoms with Crippen LogP contribution in [0.4, 0.5) is 18.9 Å². The first kappa shape index (κ1) is 26.5. The molecule has 0 bridgehead atoms. The molecular weight excluding hydrogens is 533 g/mol. The standard InChI is InChI=1S/C30H27F3N6O2/c1-20-2-6-23(7-3-20)38-19-35-28(41)29(38)12-16-37(17-13-29)27(40)25-18-26(21-10-14-34-15-11-21)39(36-25)24-8-4-22(5-9-24)30(31,32)33/h2-11,14-15,18H,12-13,16-17,19H2,1H3,(H,35,41). The van der Waals surface area contributed by atoms with Crippen LogP contribution in [0, 0.1) is 6.92 Å². The van der Waals surface area contributed by atoms with Gasteiger partial charge in [-0.05, 0) is 74.4 Å². The van der Waals surface area contributed by atoms with Crippen LogP contribution in [-0.4, -0.2) is 56.8 Å². The van der Waals surface area contributed by atoms with Crippen LogP contribution in [0.3, 0.4) is 0 Å². The molecule has 0 atom stereocenters. The zero-order valence-corrected chi connectivity index (χ0v) is 22.2. The van der Waals surface area contributed by atoms with E-state index in [-0.39, 0.29) is 17.5 Å². The lowest BCUT2D eigenvalue weighted by atomic mass is 9.85. The summed E-state index contributed by atoms with van der Waals surface area (Å²) in [6, 6.07) is 17.8. The third-order valence-electron chi connectivity index (χ3n) is 7.90. The Morgan fingerprint density at radius 3 is 2.20 bits per heavy atom. The largest absolute Gasteiger partial charge is 0.416 e. The summed E-state index contributed by atoms with van der Waals surface area (Å²) in [6.07, 6.45) is -0.367. The minimum atomic E-state index is -4.46. The van der Waals surface area contributed by atoms with Crippen molar-refractivity contribution in [2.45, 2.75) is 31.5 Å². The Morgan fingerprint density at radius 1 is 0.927 bits per heavy atom. The molecule has 2 aliphatic rings. The van der Waals surface area contributed by atoms with Crippen molar-refractivity contribution in [2.24, 2.45) is 0 Å². The molecule has 210 valence electrons. The highest BCUT2D eigenvalue weighted by molar-refractivity contribution is 5.96. The number of aryl methyl sites for hydroxylation is 1. The molecule has 0 radical (unpaired) electrons. The Hall–Kier alpha value is -4.67. The van der Waals surface area contributed by atoms with Gasteiger partial charge in [0.25, 0.3) is 5.91 Å². The lowest BCUT2D eigenvalue weighted by molar-refractivity contribution is -0.137. The van der Waals surface area contributed by atoms with Gasteiger partial charge in [0, 0.05) is 36.7 Å². The number of alkyl halides is 3. The van der Waals surface area contributed by atoms with E-state index in [0.29, 0.717) is 49.5 Å². The van der Waals surface area contributed by atoms with Crippen LogP contribution in [0.1, 0.15) is 34.5 Å². The summed E-state index contributed by atoms with van der Waals surface area (Å²) in [5, 5.41) is 7.50. The first-order valence-corrected chi connectivity index (χ1v) is 13.3. The van der Waals surface area contributed by atoms with Crippen LogP contribution in [0.5, 0.6) is 0 Å². The topological polar surface area (TPSA) is 83.4 Å². The molecule has 0 saturated carbocycles. The van der Waals surface area contributed by atoms with Gasteiger partial charge < -0.3 is 15.1 Å². The molecule has 0 unspecified atom stereocenters. The first-order valence-electron chi connectivity index (χ1n) is 13.3. The number of aromatic nitrogens is 3. The van der Waals surface area contributed by atoms with Crippen molar-refractivity contribution in [3.63, 3.8) is 0 Å². The third kappa shape index (κ3) is 4.81. The molecule has 41 heavy (non-hydrogen) atoms. The molecule has 11 heteroatoms. The van der Waals surface area contributed by atoms with Gasteiger partial charge in [-0.1, -0.05) is 17.7 Å². The van der Waals surface area contributed by atoms with Gasteiger partial charge in [0.05, 0.1) is 23.6 Å². The van der Waals surface area contributed by atoms with E-state index in [1.54, 1.807) is 35.5 Å². The Balaban J connectivity index is 1.27. The van der Waals surface area contributed by atoms with Crippen molar-refractivity contribution < 1.29 is 22.8 Å². The minimum Gasteiger partial charge on any atom is -0.339 e. The van der Waals surface area contributed by atoms with Crippen LogP contribution in [0.15, 0.2) is 79.1 Å². The number of benzene rings is 2. The number of nitrogens with one attached hydrogen (secondary N) is 1. The first-order chi connectivity index (χ1) is 19.7. The molecule has 2 saturated heterocycles. The highest BCUT2D eigenvalue weighted by atomic mass is 19.4. The van der Waals surface area contributed by atoms with Crippen molar-refractivity contribution in [1.29, 1.82) is 0 Å². The molecule has 8 nitrogen and oxygen atoms in total. The molecule has 1 spiro atoms. The number of piperidine rings is 1. The number of carbonyl (C=O) groups is 2. The van der Waals surface area contributed by atoms with Gasteiger partial charge in [-0.25, -0.2) is 4.68 Å². The zero-order valence-electron chi connectivity index (χ0n) is 22.2. The van der Waals surface area contributed by atoms with E-state index in [0.717, 1.165) is 23.4 Å². The number of hydrogen-bond acceptors (Lipinski definition) is 5. The van der Waals surface area contributed by atoms with E-state index in [1.165, 1.54) is 16.8 Å². The van der Waals surface area contributed by atoms with Crippen molar-refractivity contribution in [2.75, 3.05) is 24.7 Å². The van der Waals surface area contributed by atoms with Crippen LogP contribution >= 0.6 is 0 Å². The van der Waals surface area contributed by atoms with Gasteiger partial charge in [-0.3, -0.25) is 14.6 Å². The Morgan fingerprint density at radius 2 is 1.56 bits per heavy atom. The normalized spacial score (nSPS) is 16.7. The Bertz CT molecular complexity index is 1580. The SMILES string of the molecule is Cc1ccc(N2CNC(=O)C23CCN(C(=O)c2cc(-c4ccncc4)n(-c4ccc(C(F)(F)F)cc4)n2)CC3)cc1. The number of anilines is 1. The Labute approximate surface area is 234 Å². The van der Waals surface area contributed by atoms with Gasteiger partial charge in [0.15, 0.2) is 5.69 Å². The monoisotopic (exact) mass is 560 g/mol. The molecule has 2 fully saturated rings. The molecule has 4 aromatic rings. The minimum absolute atomic E-state index is 0.0447. The quantitative estimate of drug-likeness (QED) is 0.387. The summed E-state index contributed by atoms with van der Waals surface area (Å²) < 4.78 is 40.9. The summed E-state index contributed by atoms with van der Waals surface area (Å²) in [6.45, 7) is 3.12. The molecule has 1 N–H and O–H groups in total. The molecule has 2 aliphatic heterocycles. The smallest absolute Gasteiger partial charge is 0.339 e. The number of halogens is 3. The van der Waals surface area contributed by atoms with Crippen molar-refractivity contribution in [3.8, 4) is 16.9 Å². The van der Waals surface area contributed by atoms with Gasteiger partial charge in [0.1, 0.15) is 5.54 Å². The lowest BCUT2D eigenvalue weighted by Crippen LogP contribution is -2.57. The third-order valence-corrected chi connectivity index (χ3v) is 7.90. The number of amides is 2. The number of carbonyl (C=O) groups excluding carboxylic acids is 2. The Kier molecular flexibility index (Phi) is 6.51. The number of rotatable bonds is 4. The van der Waals surface area contributed by atoms with Crippen molar-refractivity contribution >= 4 is 17.5 Å². The number of pyridine rings is 1. The fraction of sp³-hybridized carbons (Fsp3) is 0.267. The molecular formula is C30H27F3N6O2. The number of hydrogen-bond donors (Lipinski definition) is 1. The predicted molar refractivity (Wildman–Crippen MR) is 146 cm³/mol. The van der Waals surface area contributed by atoms with Crippen LogP contribution in [0.25, 0.3) is 16.9 Å². The van der Waals surface area contributed by atoms with Gasteiger partial charge in [-0.15, -0.1) is 0 Å². The highest BCUT2D eigenvalue weighted by Crippen LogP contribution is 2.37. The zero-order chi connectivity index (χ0) is 28.8. The predicted octanol–water partition coefficient (Wildman–Crippen LogP) is 4.83.